The summed E-state index contributed by atoms with van der Waals surface area (Å²) in [6.07, 6.45) is 5.21. The molecule has 158 valence electrons. The molecule has 0 spiro atoms. The zero-order chi connectivity index (χ0) is 22.4. The van der Waals surface area contributed by atoms with Crippen molar-refractivity contribution in [1.82, 2.24) is 15.0 Å². The van der Waals surface area contributed by atoms with Crippen LogP contribution in [0.3, 0.4) is 0 Å². The van der Waals surface area contributed by atoms with Gasteiger partial charge < -0.3 is 15.4 Å². The van der Waals surface area contributed by atoms with E-state index in [1.807, 2.05) is 35.7 Å². The lowest BCUT2D eigenvalue weighted by Crippen LogP contribution is -2.03. The lowest BCUT2D eigenvalue weighted by Gasteiger charge is -2.03. The SMILES string of the molecule is Cc1[nH]c(/C=C2\C(=O)Nc3ccc(-c4csc(-c5cccnc5)n4)cc32)c(C)c1C(=O)O. The molecule has 0 aliphatic carbocycles. The topological polar surface area (TPSA) is 108 Å². The molecule has 8 heteroatoms. The van der Waals surface area contributed by atoms with Gasteiger partial charge in [-0.05, 0) is 49.8 Å². The predicted molar refractivity (Wildman–Crippen MR) is 125 cm³/mol. The second-order valence-electron chi connectivity index (χ2n) is 7.52. The Morgan fingerprint density at radius 2 is 2.03 bits per heavy atom. The van der Waals surface area contributed by atoms with E-state index in [4.69, 9.17) is 4.98 Å². The van der Waals surface area contributed by atoms with Crippen molar-refractivity contribution < 1.29 is 14.7 Å². The molecule has 32 heavy (non-hydrogen) atoms. The summed E-state index contributed by atoms with van der Waals surface area (Å²) in [5, 5.41) is 15.2. The van der Waals surface area contributed by atoms with Gasteiger partial charge in [-0.25, -0.2) is 9.78 Å². The molecule has 1 aliphatic heterocycles. The fourth-order valence-corrected chi connectivity index (χ4v) is 4.72. The molecule has 0 saturated heterocycles. The van der Waals surface area contributed by atoms with Crippen LogP contribution in [0, 0.1) is 13.8 Å². The maximum Gasteiger partial charge on any atom is 0.337 e. The number of H-pyrrole nitrogens is 1. The van der Waals surface area contributed by atoms with E-state index >= 15 is 0 Å². The van der Waals surface area contributed by atoms with E-state index in [1.165, 1.54) is 11.3 Å². The van der Waals surface area contributed by atoms with Gasteiger partial charge in [0.05, 0.1) is 16.8 Å². The second kappa shape index (κ2) is 7.58. The lowest BCUT2D eigenvalue weighted by atomic mass is 10.0. The number of carbonyl (C=O) groups excluding carboxylic acids is 1. The summed E-state index contributed by atoms with van der Waals surface area (Å²) in [4.78, 5) is 36.2. The number of aromatic nitrogens is 3. The first-order valence-electron chi connectivity index (χ1n) is 9.88. The first-order chi connectivity index (χ1) is 15.4. The van der Waals surface area contributed by atoms with Crippen molar-refractivity contribution in [3.05, 3.63) is 76.2 Å². The van der Waals surface area contributed by atoms with Crippen molar-refractivity contribution in [2.75, 3.05) is 5.32 Å². The Morgan fingerprint density at radius 1 is 1.19 bits per heavy atom. The molecule has 0 atom stereocenters. The number of aromatic amines is 1. The molecular weight excluding hydrogens is 424 g/mol. The summed E-state index contributed by atoms with van der Waals surface area (Å²) < 4.78 is 0. The highest BCUT2D eigenvalue weighted by Gasteiger charge is 2.26. The van der Waals surface area contributed by atoms with E-state index in [0.717, 1.165) is 27.4 Å². The van der Waals surface area contributed by atoms with Crippen LogP contribution in [0.4, 0.5) is 5.69 Å². The molecule has 4 aromatic rings. The summed E-state index contributed by atoms with van der Waals surface area (Å²) in [5.41, 5.74) is 6.60. The van der Waals surface area contributed by atoms with Crippen molar-refractivity contribution >= 4 is 40.5 Å². The number of anilines is 1. The van der Waals surface area contributed by atoms with Crippen LogP contribution < -0.4 is 5.32 Å². The number of carboxylic acids is 1. The molecule has 3 aromatic heterocycles. The fourth-order valence-electron chi connectivity index (χ4n) is 3.90. The number of aryl methyl sites for hydroxylation is 1. The van der Waals surface area contributed by atoms with Crippen molar-refractivity contribution in [2.24, 2.45) is 0 Å². The smallest absolute Gasteiger partial charge is 0.337 e. The van der Waals surface area contributed by atoms with Gasteiger partial charge >= 0.3 is 5.97 Å². The van der Waals surface area contributed by atoms with Crippen molar-refractivity contribution in [2.45, 2.75) is 13.8 Å². The lowest BCUT2D eigenvalue weighted by molar-refractivity contribution is -0.110. The Morgan fingerprint density at radius 3 is 2.75 bits per heavy atom. The average molecular weight is 443 g/mol. The normalized spacial score (nSPS) is 13.9. The number of benzene rings is 1. The molecule has 1 aromatic carbocycles. The molecule has 0 unspecified atom stereocenters. The number of hydrogen-bond acceptors (Lipinski definition) is 5. The number of aromatic carboxylic acids is 1. The molecule has 4 heterocycles. The summed E-state index contributed by atoms with van der Waals surface area (Å²) in [6.45, 7) is 3.44. The number of fused-ring (bicyclic) bond motifs is 1. The summed E-state index contributed by atoms with van der Waals surface area (Å²) in [6, 6.07) is 9.57. The molecule has 7 nitrogen and oxygen atoms in total. The highest BCUT2D eigenvalue weighted by molar-refractivity contribution is 7.13. The van der Waals surface area contributed by atoms with Gasteiger partial charge in [0.2, 0.25) is 0 Å². The number of thiazole rings is 1. The van der Waals surface area contributed by atoms with E-state index in [0.29, 0.717) is 28.2 Å². The number of carbonyl (C=O) groups is 2. The second-order valence-corrected chi connectivity index (χ2v) is 8.38. The minimum absolute atomic E-state index is 0.227. The largest absolute Gasteiger partial charge is 0.478 e. The zero-order valence-electron chi connectivity index (χ0n) is 17.3. The molecule has 1 aliphatic rings. The molecule has 1 amide bonds. The monoisotopic (exact) mass is 442 g/mol. The maximum absolute atomic E-state index is 12.7. The number of carboxylic acid groups (broad SMARTS) is 1. The van der Waals surface area contributed by atoms with E-state index < -0.39 is 5.97 Å². The third kappa shape index (κ3) is 3.30. The number of nitrogens with zero attached hydrogens (tertiary/aromatic N) is 2. The van der Waals surface area contributed by atoms with Gasteiger partial charge in [0.15, 0.2) is 0 Å². The zero-order valence-corrected chi connectivity index (χ0v) is 18.1. The van der Waals surface area contributed by atoms with Crippen LogP contribution in [0.5, 0.6) is 0 Å². The molecule has 0 radical (unpaired) electrons. The summed E-state index contributed by atoms with van der Waals surface area (Å²) in [7, 11) is 0. The quantitative estimate of drug-likeness (QED) is 0.385. The highest BCUT2D eigenvalue weighted by atomic mass is 32.1. The Labute approximate surface area is 187 Å². The molecule has 3 N–H and O–H groups in total. The Bertz CT molecular complexity index is 1420. The van der Waals surface area contributed by atoms with Gasteiger partial charge in [0.1, 0.15) is 5.01 Å². The van der Waals surface area contributed by atoms with Crippen molar-refractivity contribution in [3.8, 4) is 21.8 Å². The number of nitrogens with one attached hydrogen (secondary N) is 2. The van der Waals surface area contributed by atoms with Crippen LogP contribution in [0.25, 0.3) is 33.5 Å². The van der Waals surface area contributed by atoms with Crippen LogP contribution in [0.1, 0.15) is 32.9 Å². The molecule has 0 fully saturated rings. The Kier molecular flexibility index (Phi) is 4.71. The molecule has 0 saturated carbocycles. The number of pyridine rings is 1. The van der Waals surface area contributed by atoms with E-state index in [2.05, 4.69) is 15.3 Å². The summed E-state index contributed by atoms with van der Waals surface area (Å²) in [5.74, 6) is -1.22. The third-order valence-electron chi connectivity index (χ3n) is 5.49. The van der Waals surface area contributed by atoms with Gasteiger partial charge in [-0.1, -0.05) is 6.07 Å². The Hall–Kier alpha value is -4.04. The highest BCUT2D eigenvalue weighted by Crippen LogP contribution is 2.37. The van der Waals surface area contributed by atoms with Crippen LogP contribution >= 0.6 is 11.3 Å². The van der Waals surface area contributed by atoms with Crippen LogP contribution in [-0.4, -0.2) is 31.9 Å². The number of hydrogen-bond donors (Lipinski definition) is 3. The predicted octanol–water partition coefficient (Wildman–Crippen LogP) is 5.01. The van der Waals surface area contributed by atoms with Crippen molar-refractivity contribution in [3.63, 3.8) is 0 Å². The van der Waals surface area contributed by atoms with Gasteiger partial charge in [-0.15, -0.1) is 11.3 Å². The van der Waals surface area contributed by atoms with Gasteiger partial charge in [-0.3, -0.25) is 9.78 Å². The van der Waals surface area contributed by atoms with Crippen LogP contribution in [0.15, 0.2) is 48.1 Å². The molecule has 5 rings (SSSR count). The molecular formula is C24H18N4O3S. The van der Waals surface area contributed by atoms with Gasteiger partial charge in [0, 0.05) is 51.5 Å². The van der Waals surface area contributed by atoms with Crippen LogP contribution in [-0.2, 0) is 4.79 Å². The average Bonchev–Trinajstić information content (AvgIpc) is 3.45. The first kappa shape index (κ1) is 19.9. The van der Waals surface area contributed by atoms with E-state index in [9.17, 15) is 14.7 Å². The fraction of sp³-hybridized carbons (Fsp3) is 0.0833. The standard InChI is InChI=1S/C24H18N4O3S/c1-12-19(26-13(2)21(12)24(30)31)9-17-16-8-14(5-6-18(16)27-22(17)29)20-11-32-23(28-20)15-4-3-7-25-10-15/h3-11,26H,1-2H3,(H,27,29)(H,30,31)/b17-9-. The van der Waals surface area contributed by atoms with E-state index in [-0.39, 0.29) is 11.5 Å². The van der Waals surface area contributed by atoms with Gasteiger partial charge in [0.25, 0.3) is 5.91 Å². The number of rotatable bonds is 4. The minimum atomic E-state index is -0.993. The van der Waals surface area contributed by atoms with Gasteiger partial charge in [-0.2, -0.15) is 0 Å². The number of amides is 1. The first-order valence-corrected chi connectivity index (χ1v) is 10.8. The maximum atomic E-state index is 12.7. The third-order valence-corrected chi connectivity index (χ3v) is 6.38. The van der Waals surface area contributed by atoms with E-state index in [1.54, 1.807) is 32.3 Å². The summed E-state index contributed by atoms with van der Waals surface area (Å²) >= 11 is 1.53. The Balaban J connectivity index is 1.55. The van der Waals surface area contributed by atoms with Crippen LogP contribution in [0.2, 0.25) is 0 Å². The molecule has 0 bridgehead atoms. The minimum Gasteiger partial charge on any atom is -0.478 e. The van der Waals surface area contributed by atoms with Crippen molar-refractivity contribution in [1.29, 1.82) is 0 Å².